The van der Waals surface area contributed by atoms with Crippen LogP contribution in [-0.2, 0) is 9.53 Å². The Morgan fingerprint density at radius 1 is 1.07 bits per heavy atom. The van der Waals surface area contributed by atoms with Gasteiger partial charge in [-0.05, 0) is 64.5 Å². The minimum atomic E-state index is -0.607. The van der Waals surface area contributed by atoms with Crippen LogP contribution in [0.1, 0.15) is 26.7 Å². The van der Waals surface area contributed by atoms with E-state index in [4.69, 9.17) is 8.83 Å². The molecule has 0 saturated carbocycles. The number of methoxy groups -OCH3 is 1. The summed E-state index contributed by atoms with van der Waals surface area (Å²) in [5.41, 5.74) is 0.700. The molecule has 0 aliphatic heterocycles. The number of hydrogen-bond acceptors (Lipinski definition) is 6. The monoisotopic (exact) mass is 458 g/mol. The van der Waals surface area contributed by atoms with E-state index in [0.29, 0.717) is 21.7 Å². The normalized spacial score (nSPS) is 11.0. The lowest BCUT2D eigenvalue weighted by Gasteiger charge is -2.10. The average Bonchev–Trinajstić information content (AvgIpc) is 3.39. The van der Waals surface area contributed by atoms with Gasteiger partial charge in [0, 0.05) is 11.8 Å². The van der Waals surface area contributed by atoms with Crippen LogP contribution in [0.5, 0.6) is 0 Å². The number of esters is 1. The molecular formula is C20H15BrN2O6. The maximum Gasteiger partial charge on any atom is 0.337 e. The van der Waals surface area contributed by atoms with E-state index in [1.807, 2.05) is 0 Å². The van der Waals surface area contributed by atoms with Crippen molar-refractivity contribution >= 4 is 45.5 Å². The van der Waals surface area contributed by atoms with Crippen molar-refractivity contribution in [3.8, 4) is 0 Å². The fraction of sp³-hybridized carbons (Fsp3) is 0.0500. The summed E-state index contributed by atoms with van der Waals surface area (Å²) >= 11 is 3.12. The molecule has 1 aromatic carbocycles. The summed E-state index contributed by atoms with van der Waals surface area (Å²) in [6.45, 7) is 0. The van der Waals surface area contributed by atoms with Crippen molar-refractivity contribution in [2.75, 3.05) is 12.4 Å². The van der Waals surface area contributed by atoms with Gasteiger partial charge >= 0.3 is 5.97 Å². The Bertz CT molecular complexity index is 1050. The van der Waals surface area contributed by atoms with Gasteiger partial charge < -0.3 is 24.2 Å². The second-order valence-electron chi connectivity index (χ2n) is 5.65. The number of anilines is 1. The standard InChI is InChI=1S/C20H15BrN2O6/c1-27-20(26)12-4-6-13(7-5-12)22-18(24)15(11-14-3-2-10-28-14)23-19(25)16-8-9-17(21)29-16/h2-11H,1H3,(H,22,24)(H,23,25)/b15-11+. The first kappa shape index (κ1) is 20.2. The molecule has 0 unspecified atom stereocenters. The number of furan rings is 2. The molecule has 2 N–H and O–H groups in total. The van der Waals surface area contributed by atoms with Crippen molar-refractivity contribution in [2.24, 2.45) is 0 Å². The van der Waals surface area contributed by atoms with Crippen LogP contribution in [0.15, 0.2) is 74.0 Å². The van der Waals surface area contributed by atoms with E-state index in [1.165, 1.54) is 37.6 Å². The van der Waals surface area contributed by atoms with Crippen LogP contribution in [0.2, 0.25) is 0 Å². The van der Waals surface area contributed by atoms with Gasteiger partial charge in [-0.1, -0.05) is 0 Å². The first-order chi connectivity index (χ1) is 14.0. The molecule has 2 heterocycles. The van der Waals surface area contributed by atoms with Crippen LogP contribution >= 0.6 is 15.9 Å². The minimum Gasteiger partial charge on any atom is -0.465 e. The molecule has 2 amide bonds. The van der Waals surface area contributed by atoms with E-state index in [1.54, 1.807) is 30.3 Å². The molecule has 0 atom stereocenters. The molecule has 3 aromatic rings. The van der Waals surface area contributed by atoms with E-state index in [-0.39, 0.29) is 11.5 Å². The third kappa shape index (κ3) is 5.23. The highest BCUT2D eigenvalue weighted by Crippen LogP contribution is 2.16. The van der Waals surface area contributed by atoms with Gasteiger partial charge in [-0.15, -0.1) is 0 Å². The Morgan fingerprint density at radius 3 is 2.41 bits per heavy atom. The lowest BCUT2D eigenvalue weighted by atomic mass is 10.2. The molecule has 8 nitrogen and oxygen atoms in total. The van der Waals surface area contributed by atoms with Gasteiger partial charge in [0.15, 0.2) is 10.4 Å². The highest BCUT2D eigenvalue weighted by atomic mass is 79.9. The Balaban J connectivity index is 1.79. The Labute approximate surface area is 173 Å². The highest BCUT2D eigenvalue weighted by molar-refractivity contribution is 9.10. The number of benzene rings is 1. The van der Waals surface area contributed by atoms with E-state index in [2.05, 4.69) is 31.3 Å². The predicted molar refractivity (Wildman–Crippen MR) is 107 cm³/mol. The van der Waals surface area contributed by atoms with Crippen molar-refractivity contribution in [2.45, 2.75) is 0 Å². The van der Waals surface area contributed by atoms with E-state index >= 15 is 0 Å². The first-order valence-corrected chi connectivity index (χ1v) is 9.07. The zero-order chi connectivity index (χ0) is 20.8. The molecule has 0 fully saturated rings. The second kappa shape index (κ2) is 9.07. The molecule has 2 aromatic heterocycles. The van der Waals surface area contributed by atoms with Gasteiger partial charge in [0.25, 0.3) is 11.8 Å². The summed E-state index contributed by atoms with van der Waals surface area (Å²) in [6, 6.07) is 12.4. The quantitative estimate of drug-likeness (QED) is 0.428. The lowest BCUT2D eigenvalue weighted by molar-refractivity contribution is -0.113. The molecule has 9 heteroatoms. The summed E-state index contributed by atoms with van der Waals surface area (Å²) in [5.74, 6) is -1.29. The zero-order valence-corrected chi connectivity index (χ0v) is 16.7. The van der Waals surface area contributed by atoms with Crippen LogP contribution in [0.25, 0.3) is 6.08 Å². The number of hydrogen-bond donors (Lipinski definition) is 2. The van der Waals surface area contributed by atoms with Gasteiger partial charge in [-0.2, -0.15) is 0 Å². The SMILES string of the molecule is COC(=O)c1ccc(NC(=O)/C(=C\c2ccco2)NC(=O)c2ccc(Br)o2)cc1. The number of carbonyl (C=O) groups is 3. The fourth-order valence-electron chi connectivity index (χ4n) is 2.30. The molecule has 0 saturated heterocycles. The van der Waals surface area contributed by atoms with Crippen molar-refractivity contribution in [1.29, 1.82) is 0 Å². The summed E-state index contributed by atoms with van der Waals surface area (Å²) < 4.78 is 15.4. The van der Waals surface area contributed by atoms with Gasteiger partial charge in [-0.3, -0.25) is 9.59 Å². The van der Waals surface area contributed by atoms with E-state index < -0.39 is 17.8 Å². The lowest BCUT2D eigenvalue weighted by Crippen LogP contribution is -2.30. The average molecular weight is 459 g/mol. The van der Waals surface area contributed by atoms with Gasteiger partial charge in [0.1, 0.15) is 11.5 Å². The number of carbonyl (C=O) groups excluding carboxylic acids is 3. The van der Waals surface area contributed by atoms with Gasteiger partial charge in [-0.25, -0.2) is 4.79 Å². The Kier molecular flexibility index (Phi) is 6.30. The number of ether oxygens (including phenoxy) is 1. The van der Waals surface area contributed by atoms with Crippen LogP contribution < -0.4 is 10.6 Å². The third-order valence-corrected chi connectivity index (χ3v) is 4.11. The topological polar surface area (TPSA) is 111 Å². The first-order valence-electron chi connectivity index (χ1n) is 8.28. The Morgan fingerprint density at radius 2 is 1.83 bits per heavy atom. The zero-order valence-electron chi connectivity index (χ0n) is 15.1. The number of amides is 2. The summed E-state index contributed by atoms with van der Waals surface area (Å²) in [4.78, 5) is 36.6. The van der Waals surface area contributed by atoms with Crippen molar-refractivity contribution in [3.05, 3.63) is 82.2 Å². The van der Waals surface area contributed by atoms with E-state index in [0.717, 1.165) is 0 Å². The highest BCUT2D eigenvalue weighted by Gasteiger charge is 2.18. The molecule has 0 bridgehead atoms. The molecule has 0 aliphatic rings. The smallest absolute Gasteiger partial charge is 0.337 e. The van der Waals surface area contributed by atoms with Crippen molar-refractivity contribution in [1.82, 2.24) is 5.32 Å². The van der Waals surface area contributed by atoms with Crippen LogP contribution in [0, 0.1) is 0 Å². The molecule has 148 valence electrons. The van der Waals surface area contributed by atoms with E-state index in [9.17, 15) is 14.4 Å². The Hall–Kier alpha value is -3.59. The maximum atomic E-state index is 12.7. The minimum absolute atomic E-state index is 0.0254. The molecule has 0 aliphatic carbocycles. The largest absolute Gasteiger partial charge is 0.465 e. The van der Waals surface area contributed by atoms with Crippen LogP contribution in [0.4, 0.5) is 5.69 Å². The van der Waals surface area contributed by atoms with Crippen LogP contribution in [-0.4, -0.2) is 24.9 Å². The predicted octanol–water partition coefficient (Wildman–Crippen LogP) is 3.83. The molecule has 3 rings (SSSR count). The van der Waals surface area contributed by atoms with Crippen molar-refractivity contribution < 1.29 is 28.0 Å². The summed E-state index contributed by atoms with van der Waals surface area (Å²) in [5, 5.41) is 5.15. The number of nitrogens with one attached hydrogen (secondary N) is 2. The third-order valence-electron chi connectivity index (χ3n) is 3.68. The number of rotatable bonds is 6. The fourth-order valence-corrected chi connectivity index (χ4v) is 2.61. The number of halogens is 1. The van der Waals surface area contributed by atoms with Gasteiger partial charge in [0.05, 0.1) is 18.9 Å². The van der Waals surface area contributed by atoms with Crippen molar-refractivity contribution in [3.63, 3.8) is 0 Å². The molecule has 29 heavy (non-hydrogen) atoms. The van der Waals surface area contributed by atoms with Crippen LogP contribution in [0.3, 0.4) is 0 Å². The van der Waals surface area contributed by atoms with Gasteiger partial charge in [0.2, 0.25) is 0 Å². The molecule has 0 radical (unpaired) electrons. The molecular weight excluding hydrogens is 444 g/mol. The maximum absolute atomic E-state index is 12.7. The summed E-state index contributed by atoms with van der Waals surface area (Å²) in [6.07, 6.45) is 2.83. The summed E-state index contributed by atoms with van der Waals surface area (Å²) in [7, 11) is 1.28. The molecule has 0 spiro atoms. The second-order valence-corrected chi connectivity index (χ2v) is 6.44.